The molecule has 2 rings (SSSR count). The Morgan fingerprint density at radius 1 is 1.50 bits per heavy atom. The van der Waals surface area contributed by atoms with Gasteiger partial charge in [0.05, 0.1) is 6.04 Å². The zero-order valence-corrected chi connectivity index (χ0v) is 9.78. The van der Waals surface area contributed by atoms with Crippen molar-refractivity contribution in [3.63, 3.8) is 0 Å². The van der Waals surface area contributed by atoms with Gasteiger partial charge in [-0.25, -0.2) is 0 Å². The fourth-order valence-electron chi connectivity index (χ4n) is 2.09. The minimum atomic E-state index is -0.350. The van der Waals surface area contributed by atoms with Crippen LogP contribution in [0, 0.1) is 0 Å². The quantitative estimate of drug-likeness (QED) is 0.788. The van der Waals surface area contributed by atoms with Crippen LogP contribution in [0.3, 0.4) is 0 Å². The zero-order chi connectivity index (χ0) is 11.5. The van der Waals surface area contributed by atoms with E-state index in [9.17, 15) is 4.79 Å². The molecular weight excluding hydrogens is 198 g/mol. The highest BCUT2D eigenvalue weighted by Crippen LogP contribution is 2.36. The van der Waals surface area contributed by atoms with E-state index in [1.165, 1.54) is 24.8 Å². The molecule has 0 aromatic heterocycles. The van der Waals surface area contributed by atoms with Crippen molar-refractivity contribution in [2.24, 2.45) is 5.73 Å². The van der Waals surface area contributed by atoms with Crippen LogP contribution in [0.25, 0.3) is 0 Å². The van der Waals surface area contributed by atoms with Crippen LogP contribution in [0.2, 0.25) is 0 Å². The number of nitrogens with two attached hydrogens (primary N) is 1. The van der Waals surface area contributed by atoms with E-state index in [1.807, 2.05) is 25.1 Å². The van der Waals surface area contributed by atoms with Crippen molar-refractivity contribution in [3.8, 4) is 0 Å². The lowest BCUT2D eigenvalue weighted by atomic mass is 9.79. The van der Waals surface area contributed by atoms with Gasteiger partial charge in [0.15, 0.2) is 5.78 Å². The van der Waals surface area contributed by atoms with Gasteiger partial charge in [0.1, 0.15) is 0 Å². The van der Waals surface area contributed by atoms with E-state index in [2.05, 4.69) is 6.07 Å². The number of rotatable bonds is 4. The third-order valence-corrected chi connectivity index (χ3v) is 3.52. The highest BCUT2D eigenvalue weighted by Gasteiger charge is 2.21. The van der Waals surface area contributed by atoms with Crippen molar-refractivity contribution in [1.82, 2.24) is 0 Å². The Kier molecular flexibility index (Phi) is 3.39. The van der Waals surface area contributed by atoms with E-state index in [0.29, 0.717) is 12.3 Å². The van der Waals surface area contributed by atoms with Crippen LogP contribution in [0.4, 0.5) is 0 Å². The number of Topliss-reactive ketones (excluding diaryl/α,β-unsaturated/α-hetero) is 1. The molecule has 1 aliphatic rings. The van der Waals surface area contributed by atoms with Gasteiger partial charge in [-0.3, -0.25) is 4.79 Å². The molecule has 2 N–H and O–H groups in total. The second-order valence-electron chi connectivity index (χ2n) is 4.63. The summed E-state index contributed by atoms with van der Waals surface area (Å²) in [5, 5.41) is 0. The first-order valence-corrected chi connectivity index (χ1v) is 6.12. The summed E-state index contributed by atoms with van der Waals surface area (Å²) in [4.78, 5) is 11.9. The van der Waals surface area contributed by atoms with Gasteiger partial charge in [-0.1, -0.05) is 31.5 Å². The SMILES string of the molecule is CCC(N)C(=O)c1cccc(C2CCC2)c1. The van der Waals surface area contributed by atoms with Crippen LogP contribution in [0.15, 0.2) is 24.3 Å². The lowest BCUT2D eigenvalue weighted by Crippen LogP contribution is -2.29. The number of carbonyl (C=O) groups is 1. The number of carbonyl (C=O) groups excluding carboxylic acids is 1. The van der Waals surface area contributed by atoms with Crippen LogP contribution in [0.1, 0.15) is 54.4 Å². The molecule has 0 bridgehead atoms. The first-order valence-electron chi connectivity index (χ1n) is 6.12. The largest absolute Gasteiger partial charge is 0.321 e. The second kappa shape index (κ2) is 4.79. The van der Waals surface area contributed by atoms with Gasteiger partial charge >= 0.3 is 0 Å². The van der Waals surface area contributed by atoms with Crippen molar-refractivity contribution >= 4 is 5.78 Å². The highest BCUT2D eigenvalue weighted by atomic mass is 16.1. The Bertz CT molecular complexity index is 382. The summed E-state index contributed by atoms with van der Waals surface area (Å²) in [6.07, 6.45) is 4.54. The standard InChI is InChI=1S/C14H19NO/c1-2-13(15)14(16)12-8-4-7-11(9-12)10-5-3-6-10/h4,7-10,13H,2-3,5-6,15H2,1H3. The van der Waals surface area contributed by atoms with Crippen molar-refractivity contribution in [2.45, 2.75) is 44.6 Å². The molecular formula is C14H19NO. The Morgan fingerprint density at radius 3 is 2.81 bits per heavy atom. The van der Waals surface area contributed by atoms with Crippen LogP contribution in [0.5, 0.6) is 0 Å². The minimum absolute atomic E-state index is 0.0728. The molecule has 1 aromatic rings. The first-order chi connectivity index (χ1) is 7.72. The summed E-state index contributed by atoms with van der Waals surface area (Å²) >= 11 is 0. The number of benzene rings is 1. The van der Waals surface area contributed by atoms with E-state index >= 15 is 0 Å². The van der Waals surface area contributed by atoms with Gasteiger partial charge < -0.3 is 5.73 Å². The predicted molar refractivity (Wildman–Crippen MR) is 65.6 cm³/mol. The summed E-state index contributed by atoms with van der Waals surface area (Å²) in [5.41, 5.74) is 7.85. The maximum absolute atomic E-state index is 11.9. The summed E-state index contributed by atoms with van der Waals surface area (Å²) in [6, 6.07) is 7.65. The molecule has 0 radical (unpaired) electrons. The van der Waals surface area contributed by atoms with Crippen LogP contribution < -0.4 is 5.73 Å². The average Bonchev–Trinajstić information content (AvgIpc) is 2.25. The summed E-state index contributed by atoms with van der Waals surface area (Å²) in [5.74, 6) is 0.745. The van der Waals surface area contributed by atoms with Crippen molar-refractivity contribution in [2.75, 3.05) is 0 Å². The molecule has 0 saturated heterocycles. The molecule has 16 heavy (non-hydrogen) atoms. The van der Waals surface area contributed by atoms with Gasteiger partial charge in [-0.15, -0.1) is 0 Å². The molecule has 2 nitrogen and oxygen atoms in total. The van der Waals surface area contributed by atoms with Gasteiger partial charge in [0.2, 0.25) is 0 Å². The number of ketones is 1. The molecule has 0 spiro atoms. The van der Waals surface area contributed by atoms with Gasteiger partial charge in [0, 0.05) is 5.56 Å². The van der Waals surface area contributed by atoms with Gasteiger partial charge in [-0.2, -0.15) is 0 Å². The molecule has 86 valence electrons. The minimum Gasteiger partial charge on any atom is -0.321 e. The lowest BCUT2D eigenvalue weighted by Gasteiger charge is -2.26. The Morgan fingerprint density at radius 2 is 2.25 bits per heavy atom. The first kappa shape index (κ1) is 11.3. The van der Waals surface area contributed by atoms with Crippen LogP contribution in [-0.4, -0.2) is 11.8 Å². The Labute approximate surface area is 96.8 Å². The van der Waals surface area contributed by atoms with Crippen LogP contribution >= 0.6 is 0 Å². The highest BCUT2D eigenvalue weighted by molar-refractivity contribution is 6.00. The summed E-state index contributed by atoms with van der Waals surface area (Å²) < 4.78 is 0. The van der Waals surface area contributed by atoms with Crippen molar-refractivity contribution in [3.05, 3.63) is 35.4 Å². The zero-order valence-electron chi connectivity index (χ0n) is 9.78. The maximum Gasteiger partial charge on any atom is 0.179 e. The Balaban J connectivity index is 2.18. The van der Waals surface area contributed by atoms with E-state index in [4.69, 9.17) is 5.73 Å². The monoisotopic (exact) mass is 217 g/mol. The average molecular weight is 217 g/mol. The molecule has 0 heterocycles. The molecule has 1 atom stereocenters. The Hall–Kier alpha value is -1.15. The van der Waals surface area contributed by atoms with Crippen LogP contribution in [-0.2, 0) is 0 Å². The van der Waals surface area contributed by atoms with E-state index in [0.717, 1.165) is 5.56 Å². The predicted octanol–water partition coefficient (Wildman–Crippen LogP) is 2.87. The molecule has 1 fully saturated rings. The molecule has 0 aliphatic heterocycles. The molecule has 1 unspecified atom stereocenters. The third kappa shape index (κ3) is 2.17. The van der Waals surface area contributed by atoms with E-state index in [-0.39, 0.29) is 11.8 Å². The molecule has 1 aromatic carbocycles. The van der Waals surface area contributed by atoms with E-state index in [1.54, 1.807) is 0 Å². The van der Waals surface area contributed by atoms with Crippen molar-refractivity contribution in [1.29, 1.82) is 0 Å². The lowest BCUT2D eigenvalue weighted by molar-refractivity contribution is 0.0959. The number of hydrogen-bond acceptors (Lipinski definition) is 2. The fourth-order valence-corrected chi connectivity index (χ4v) is 2.09. The topological polar surface area (TPSA) is 43.1 Å². The van der Waals surface area contributed by atoms with Gasteiger partial charge in [-0.05, 0) is 36.8 Å². The molecule has 1 saturated carbocycles. The maximum atomic E-state index is 11.9. The fraction of sp³-hybridized carbons (Fsp3) is 0.500. The summed E-state index contributed by atoms with van der Waals surface area (Å²) in [6.45, 7) is 1.94. The summed E-state index contributed by atoms with van der Waals surface area (Å²) in [7, 11) is 0. The normalized spacial score (nSPS) is 17.9. The van der Waals surface area contributed by atoms with Crippen molar-refractivity contribution < 1.29 is 4.79 Å². The second-order valence-corrected chi connectivity index (χ2v) is 4.63. The smallest absolute Gasteiger partial charge is 0.179 e. The molecule has 1 aliphatic carbocycles. The third-order valence-electron chi connectivity index (χ3n) is 3.52. The van der Waals surface area contributed by atoms with E-state index < -0.39 is 0 Å². The number of hydrogen-bond donors (Lipinski definition) is 1. The molecule has 2 heteroatoms. The molecule has 0 amide bonds. The van der Waals surface area contributed by atoms with Gasteiger partial charge in [0.25, 0.3) is 0 Å².